The van der Waals surface area contributed by atoms with Crippen LogP contribution in [0.15, 0.2) is 53.1 Å². The normalized spacial score (nSPS) is 13.8. The molecule has 0 fully saturated rings. The van der Waals surface area contributed by atoms with Crippen LogP contribution in [0.2, 0.25) is 0 Å². The summed E-state index contributed by atoms with van der Waals surface area (Å²) in [6, 6.07) is 13.5. The number of methoxy groups -OCH3 is 3. The van der Waals surface area contributed by atoms with E-state index in [1.165, 1.54) is 0 Å². The molecule has 0 aliphatic rings. The van der Waals surface area contributed by atoms with Gasteiger partial charge in [0.15, 0.2) is 0 Å². The average Bonchev–Trinajstić information content (AvgIpc) is 2.93. The van der Waals surface area contributed by atoms with Crippen molar-refractivity contribution in [3.05, 3.63) is 81.1 Å². The monoisotopic (exact) mass is 594 g/mol. The van der Waals surface area contributed by atoms with E-state index in [-0.39, 0.29) is 0 Å². The van der Waals surface area contributed by atoms with Gasteiger partial charge in [-0.3, -0.25) is 4.98 Å². The molecule has 0 saturated heterocycles. The van der Waals surface area contributed by atoms with E-state index in [1.54, 1.807) is 39.7 Å². The zero-order chi connectivity index (χ0) is 28.3. The van der Waals surface area contributed by atoms with Crippen LogP contribution in [0.1, 0.15) is 40.3 Å². The van der Waals surface area contributed by atoms with Gasteiger partial charge in [0.2, 0.25) is 17.6 Å². The van der Waals surface area contributed by atoms with E-state index in [1.807, 2.05) is 52.2 Å². The van der Waals surface area contributed by atoms with Crippen molar-refractivity contribution < 1.29 is 19.3 Å². The highest BCUT2D eigenvalue weighted by Crippen LogP contribution is 2.49. The molecule has 3 heterocycles. The Morgan fingerprint density at radius 3 is 2.23 bits per heavy atom. The fourth-order valence-corrected chi connectivity index (χ4v) is 5.34. The molecule has 0 amide bonds. The first-order valence-electron chi connectivity index (χ1n) is 12.6. The third-order valence-corrected chi connectivity index (χ3v) is 7.69. The fraction of sp³-hybridized carbons (Fsp3) is 0.367. The molecule has 0 aliphatic heterocycles. The summed E-state index contributed by atoms with van der Waals surface area (Å²) >= 11 is 3.59. The zero-order valence-corrected chi connectivity index (χ0v) is 25.0. The maximum absolute atomic E-state index is 13.0. The second-order valence-electron chi connectivity index (χ2n) is 9.89. The van der Waals surface area contributed by atoms with Gasteiger partial charge in [0.25, 0.3) is 0 Å². The molecule has 0 saturated carbocycles. The van der Waals surface area contributed by atoms with Crippen molar-refractivity contribution in [2.24, 2.45) is 0 Å². The molecule has 0 spiro atoms. The lowest BCUT2D eigenvalue weighted by Gasteiger charge is -2.39. The van der Waals surface area contributed by atoms with Crippen LogP contribution in [0.3, 0.4) is 0 Å². The summed E-state index contributed by atoms with van der Waals surface area (Å²) in [5.41, 5.74) is 3.51. The third-order valence-electron chi connectivity index (χ3n) is 7.20. The molecule has 4 aromatic rings. The Kier molecular flexibility index (Phi) is 8.73. The number of hydrogen-bond acceptors (Lipinski definition) is 8. The molecule has 1 N–H and O–H groups in total. The minimum atomic E-state index is -1.44. The Bertz CT molecular complexity index is 1460. The zero-order valence-electron chi connectivity index (χ0n) is 23.4. The molecular weight excluding hydrogens is 560 g/mol. The van der Waals surface area contributed by atoms with Gasteiger partial charge < -0.3 is 24.2 Å². The van der Waals surface area contributed by atoms with Gasteiger partial charge in [-0.05, 0) is 81.4 Å². The number of fused-ring (bicyclic) bond motifs is 1. The van der Waals surface area contributed by atoms with Crippen LogP contribution in [-0.4, -0.2) is 66.9 Å². The number of hydrogen-bond donors (Lipinski definition) is 1. The van der Waals surface area contributed by atoms with E-state index in [9.17, 15) is 5.11 Å². The van der Waals surface area contributed by atoms with Gasteiger partial charge in [0.05, 0.1) is 26.8 Å². The Labute approximate surface area is 238 Å². The molecule has 2 atom stereocenters. The number of halogens is 1. The Balaban J connectivity index is 2.11. The molecule has 39 heavy (non-hydrogen) atoms. The maximum atomic E-state index is 13.0. The fourth-order valence-electron chi connectivity index (χ4n) is 4.96. The maximum Gasteiger partial charge on any atom is 0.217 e. The molecule has 9 heteroatoms. The smallest absolute Gasteiger partial charge is 0.217 e. The average molecular weight is 596 g/mol. The first kappa shape index (κ1) is 28.7. The van der Waals surface area contributed by atoms with E-state index < -0.39 is 11.5 Å². The lowest BCUT2D eigenvalue weighted by atomic mass is 9.71. The van der Waals surface area contributed by atoms with Crippen molar-refractivity contribution in [2.45, 2.75) is 31.8 Å². The minimum Gasteiger partial charge on any atom is -0.481 e. The lowest BCUT2D eigenvalue weighted by molar-refractivity contribution is 0.00311. The summed E-state index contributed by atoms with van der Waals surface area (Å²) < 4.78 is 17.8. The number of ether oxygens (including phenoxy) is 3. The number of aliphatic hydroxyl groups is 1. The molecule has 206 valence electrons. The number of aryl methyl sites for hydroxylation is 1. The number of pyridine rings is 3. The predicted octanol–water partition coefficient (Wildman–Crippen LogP) is 5.40. The molecule has 1 aromatic carbocycles. The number of aromatic nitrogens is 3. The van der Waals surface area contributed by atoms with Gasteiger partial charge in [-0.2, -0.15) is 4.98 Å². The van der Waals surface area contributed by atoms with Gasteiger partial charge in [0, 0.05) is 51.9 Å². The highest BCUT2D eigenvalue weighted by Gasteiger charge is 2.44. The van der Waals surface area contributed by atoms with Crippen LogP contribution in [-0.2, 0) is 5.60 Å². The summed E-state index contributed by atoms with van der Waals surface area (Å²) in [5, 5.41) is 13.9. The third kappa shape index (κ3) is 5.85. The van der Waals surface area contributed by atoms with Crippen molar-refractivity contribution in [3.8, 4) is 17.6 Å². The number of nitrogens with zero attached hydrogens (tertiary/aromatic N) is 4. The summed E-state index contributed by atoms with van der Waals surface area (Å²) in [5.74, 6) is 0.560. The van der Waals surface area contributed by atoms with E-state index >= 15 is 0 Å². The molecule has 0 bridgehead atoms. The van der Waals surface area contributed by atoms with Crippen LogP contribution < -0.4 is 14.2 Å². The van der Waals surface area contributed by atoms with Crippen LogP contribution in [0.25, 0.3) is 10.9 Å². The van der Waals surface area contributed by atoms with E-state index in [2.05, 4.69) is 36.9 Å². The lowest BCUT2D eigenvalue weighted by Crippen LogP contribution is -2.38. The SMILES string of the molecule is COc1cc(C(O)(CCN(C)C)C(c2cc3cc(Br)ccc3nc2OC)c2ccnc(C)c2C)cc(OC)n1. The van der Waals surface area contributed by atoms with Gasteiger partial charge in [-0.25, -0.2) is 4.98 Å². The molecule has 8 nitrogen and oxygen atoms in total. The van der Waals surface area contributed by atoms with Gasteiger partial charge in [-0.15, -0.1) is 0 Å². The van der Waals surface area contributed by atoms with Crippen molar-refractivity contribution in [3.63, 3.8) is 0 Å². The van der Waals surface area contributed by atoms with Crippen LogP contribution in [0, 0.1) is 13.8 Å². The van der Waals surface area contributed by atoms with Crippen LogP contribution in [0.4, 0.5) is 0 Å². The van der Waals surface area contributed by atoms with Crippen LogP contribution in [0.5, 0.6) is 17.6 Å². The summed E-state index contributed by atoms with van der Waals surface area (Å²) in [4.78, 5) is 15.8. The van der Waals surface area contributed by atoms with Crippen molar-refractivity contribution in [1.82, 2.24) is 19.9 Å². The van der Waals surface area contributed by atoms with E-state index in [0.717, 1.165) is 37.8 Å². The number of benzene rings is 1. The predicted molar refractivity (Wildman–Crippen MR) is 156 cm³/mol. The molecule has 3 aromatic heterocycles. The summed E-state index contributed by atoms with van der Waals surface area (Å²) in [7, 11) is 8.68. The van der Waals surface area contributed by atoms with Gasteiger partial charge in [-0.1, -0.05) is 15.9 Å². The molecule has 0 radical (unpaired) electrons. The minimum absolute atomic E-state index is 0.349. The Morgan fingerprint density at radius 2 is 1.62 bits per heavy atom. The highest BCUT2D eigenvalue weighted by atomic mass is 79.9. The quantitative estimate of drug-likeness (QED) is 0.261. The van der Waals surface area contributed by atoms with Gasteiger partial charge in [0.1, 0.15) is 5.60 Å². The van der Waals surface area contributed by atoms with Crippen molar-refractivity contribution >= 4 is 26.8 Å². The van der Waals surface area contributed by atoms with Crippen LogP contribution >= 0.6 is 15.9 Å². The molecular formula is C30H35BrN4O4. The Morgan fingerprint density at radius 1 is 0.923 bits per heavy atom. The number of rotatable bonds is 10. The first-order valence-corrected chi connectivity index (χ1v) is 13.4. The molecule has 4 rings (SSSR count). The van der Waals surface area contributed by atoms with E-state index in [4.69, 9.17) is 19.2 Å². The van der Waals surface area contributed by atoms with E-state index in [0.29, 0.717) is 36.2 Å². The second kappa shape index (κ2) is 11.9. The summed E-state index contributed by atoms with van der Waals surface area (Å²) in [6.45, 7) is 4.61. The van der Waals surface area contributed by atoms with Crippen molar-refractivity contribution in [1.29, 1.82) is 0 Å². The first-order chi connectivity index (χ1) is 18.6. The largest absolute Gasteiger partial charge is 0.481 e. The molecule has 2 unspecified atom stereocenters. The second-order valence-corrected chi connectivity index (χ2v) is 10.8. The topological polar surface area (TPSA) is 89.8 Å². The highest BCUT2D eigenvalue weighted by molar-refractivity contribution is 9.10. The summed E-state index contributed by atoms with van der Waals surface area (Å²) in [6.07, 6.45) is 2.17. The Hall–Kier alpha value is -3.27. The standard InChI is InChI=1S/C30H35BrN4O4/c1-18-19(2)32-12-10-23(18)28(24-15-20-14-22(31)8-9-25(20)33-29(24)39-7)30(36,11-13-35(3)4)21-16-26(37-5)34-27(17-21)38-6/h8-10,12,14-17,28,36H,11,13H2,1-7H3. The van der Waals surface area contributed by atoms with Gasteiger partial charge >= 0.3 is 0 Å². The molecule has 0 aliphatic carbocycles. The van der Waals surface area contributed by atoms with Crippen molar-refractivity contribution in [2.75, 3.05) is 42.0 Å².